The Hall–Kier alpha value is -4.42. The van der Waals surface area contributed by atoms with Gasteiger partial charge in [-0.3, -0.25) is 14.3 Å². The lowest BCUT2D eigenvalue weighted by atomic mass is 10.1. The third-order valence-electron chi connectivity index (χ3n) is 5.33. The molecule has 186 valence electrons. The standard InChI is InChI=1S/C23H15F6N5O2/c1-10-19(20(23(27,28)29)33-34(10)9-11-5-6-12(24)7-15(11)26)32-22(36)17-8-13(21(30)35)18-14(25)3-2-4-16(18)31-17/h2-8H,9H2,1H3,(H2,30,35)(H,32,36). The first-order valence-electron chi connectivity index (χ1n) is 10.2. The number of nitrogens with one attached hydrogen (secondary N) is 1. The van der Waals surface area contributed by atoms with Gasteiger partial charge in [-0.15, -0.1) is 0 Å². The highest BCUT2D eigenvalue weighted by atomic mass is 19.4. The van der Waals surface area contributed by atoms with Crippen LogP contribution in [0.2, 0.25) is 0 Å². The summed E-state index contributed by atoms with van der Waals surface area (Å²) in [5.74, 6) is -4.93. The molecule has 2 heterocycles. The molecular formula is C23H15F6N5O2. The highest BCUT2D eigenvalue weighted by Crippen LogP contribution is 2.36. The first kappa shape index (κ1) is 24.7. The minimum Gasteiger partial charge on any atom is -0.366 e. The zero-order valence-electron chi connectivity index (χ0n) is 18.3. The quantitative estimate of drug-likeness (QED) is 0.386. The number of nitrogens with zero attached hydrogens (tertiary/aromatic N) is 3. The first-order chi connectivity index (χ1) is 16.9. The average molecular weight is 507 g/mol. The molecule has 0 aliphatic heterocycles. The molecule has 0 aliphatic carbocycles. The molecule has 0 aliphatic rings. The van der Waals surface area contributed by atoms with Crippen LogP contribution < -0.4 is 11.1 Å². The van der Waals surface area contributed by atoms with Crippen LogP contribution >= 0.6 is 0 Å². The SMILES string of the molecule is Cc1c(NC(=O)c2cc(C(N)=O)c3c(F)cccc3n2)c(C(F)(F)F)nn1Cc1ccc(F)cc1F. The number of hydrogen-bond donors (Lipinski definition) is 2. The monoisotopic (exact) mass is 507 g/mol. The van der Waals surface area contributed by atoms with Gasteiger partial charge in [-0.1, -0.05) is 12.1 Å². The van der Waals surface area contributed by atoms with E-state index in [4.69, 9.17) is 5.73 Å². The van der Waals surface area contributed by atoms with Crippen molar-refractivity contribution >= 4 is 28.4 Å². The van der Waals surface area contributed by atoms with Gasteiger partial charge in [0.1, 0.15) is 23.1 Å². The number of fused-ring (bicyclic) bond motifs is 1. The van der Waals surface area contributed by atoms with Crippen molar-refractivity contribution in [1.82, 2.24) is 14.8 Å². The van der Waals surface area contributed by atoms with Crippen LogP contribution in [0.1, 0.15) is 37.8 Å². The number of halogens is 6. The zero-order valence-corrected chi connectivity index (χ0v) is 18.3. The minimum absolute atomic E-state index is 0.119. The van der Waals surface area contributed by atoms with E-state index in [0.29, 0.717) is 6.07 Å². The number of primary amides is 1. The molecule has 0 atom stereocenters. The second kappa shape index (κ2) is 8.98. The van der Waals surface area contributed by atoms with E-state index in [2.05, 4.69) is 15.4 Å². The molecular weight excluding hydrogens is 492 g/mol. The van der Waals surface area contributed by atoms with Crippen LogP contribution in [0.25, 0.3) is 10.9 Å². The second-order valence-electron chi connectivity index (χ2n) is 7.71. The largest absolute Gasteiger partial charge is 0.437 e. The van der Waals surface area contributed by atoms with Crippen LogP contribution in [0, 0.1) is 24.4 Å². The summed E-state index contributed by atoms with van der Waals surface area (Å²) in [4.78, 5) is 28.7. The summed E-state index contributed by atoms with van der Waals surface area (Å²) in [6.45, 7) is 0.716. The number of aromatic nitrogens is 3. The number of hydrogen-bond acceptors (Lipinski definition) is 4. The predicted octanol–water partition coefficient (Wildman–Crippen LogP) is 4.58. The first-order valence-corrected chi connectivity index (χ1v) is 10.2. The minimum atomic E-state index is -5.02. The Morgan fingerprint density at radius 1 is 1.06 bits per heavy atom. The number of carbonyl (C=O) groups excluding carboxylic acids is 2. The maximum Gasteiger partial charge on any atom is 0.437 e. The molecule has 0 fully saturated rings. The zero-order chi connectivity index (χ0) is 26.4. The van der Waals surface area contributed by atoms with Crippen LogP contribution in [0.3, 0.4) is 0 Å². The smallest absolute Gasteiger partial charge is 0.366 e. The maximum atomic E-state index is 14.2. The van der Waals surface area contributed by atoms with Crippen molar-refractivity contribution in [1.29, 1.82) is 0 Å². The van der Waals surface area contributed by atoms with E-state index in [1.807, 2.05) is 0 Å². The fraction of sp³-hybridized carbons (Fsp3) is 0.130. The van der Waals surface area contributed by atoms with Gasteiger partial charge < -0.3 is 11.1 Å². The molecule has 0 saturated heterocycles. The van der Waals surface area contributed by atoms with Crippen molar-refractivity contribution in [3.8, 4) is 0 Å². The maximum absolute atomic E-state index is 14.2. The highest BCUT2D eigenvalue weighted by molar-refractivity contribution is 6.10. The Balaban J connectivity index is 1.76. The normalized spacial score (nSPS) is 11.6. The number of nitrogens with two attached hydrogens (primary N) is 1. The number of rotatable bonds is 5. The van der Waals surface area contributed by atoms with Crippen LogP contribution in [-0.4, -0.2) is 26.6 Å². The predicted molar refractivity (Wildman–Crippen MR) is 116 cm³/mol. The van der Waals surface area contributed by atoms with Gasteiger partial charge in [0.2, 0.25) is 5.91 Å². The average Bonchev–Trinajstić information content (AvgIpc) is 3.10. The van der Waals surface area contributed by atoms with E-state index in [0.717, 1.165) is 28.9 Å². The molecule has 0 radical (unpaired) electrons. The summed E-state index contributed by atoms with van der Waals surface area (Å²) < 4.78 is 83.4. The van der Waals surface area contributed by atoms with Gasteiger partial charge in [0, 0.05) is 17.0 Å². The molecule has 7 nitrogen and oxygen atoms in total. The Labute approximate surface area is 198 Å². The van der Waals surface area contributed by atoms with E-state index in [9.17, 15) is 35.9 Å². The van der Waals surface area contributed by atoms with Crippen molar-refractivity contribution in [2.75, 3.05) is 5.32 Å². The summed E-state index contributed by atoms with van der Waals surface area (Å²) in [5.41, 5.74) is 1.73. The fourth-order valence-corrected chi connectivity index (χ4v) is 3.59. The Morgan fingerprint density at radius 2 is 1.78 bits per heavy atom. The van der Waals surface area contributed by atoms with Crippen LogP contribution in [0.15, 0.2) is 42.5 Å². The van der Waals surface area contributed by atoms with Gasteiger partial charge in [0.25, 0.3) is 5.91 Å². The topological polar surface area (TPSA) is 103 Å². The summed E-state index contributed by atoms with van der Waals surface area (Å²) >= 11 is 0. The van der Waals surface area contributed by atoms with E-state index in [-0.39, 0.29) is 22.2 Å². The van der Waals surface area contributed by atoms with Gasteiger partial charge in [0.05, 0.1) is 29.0 Å². The molecule has 4 rings (SSSR count). The van der Waals surface area contributed by atoms with Crippen molar-refractivity contribution in [3.05, 3.63) is 88.1 Å². The van der Waals surface area contributed by atoms with Gasteiger partial charge in [-0.25, -0.2) is 18.2 Å². The summed E-state index contributed by atoms with van der Waals surface area (Å²) in [5, 5.41) is 5.29. The Kier molecular flexibility index (Phi) is 6.16. The lowest BCUT2D eigenvalue weighted by Gasteiger charge is -2.11. The van der Waals surface area contributed by atoms with E-state index < -0.39 is 64.6 Å². The van der Waals surface area contributed by atoms with Gasteiger partial charge >= 0.3 is 6.18 Å². The van der Waals surface area contributed by atoms with Crippen molar-refractivity contribution in [2.24, 2.45) is 5.73 Å². The molecule has 36 heavy (non-hydrogen) atoms. The number of anilines is 1. The fourth-order valence-electron chi connectivity index (χ4n) is 3.59. The summed E-state index contributed by atoms with van der Waals surface area (Å²) in [6, 6.07) is 7.05. The molecule has 4 aromatic rings. The molecule has 2 aromatic carbocycles. The number of alkyl halides is 3. The van der Waals surface area contributed by atoms with Crippen molar-refractivity contribution < 1.29 is 35.9 Å². The molecule has 0 saturated carbocycles. The molecule has 2 amide bonds. The van der Waals surface area contributed by atoms with Gasteiger partial charge in [-0.05, 0) is 31.2 Å². The second-order valence-corrected chi connectivity index (χ2v) is 7.71. The lowest BCUT2D eigenvalue weighted by Crippen LogP contribution is -2.20. The van der Waals surface area contributed by atoms with Crippen LogP contribution in [-0.2, 0) is 12.7 Å². The van der Waals surface area contributed by atoms with Crippen molar-refractivity contribution in [2.45, 2.75) is 19.6 Å². The number of benzene rings is 2. The Morgan fingerprint density at radius 3 is 2.42 bits per heavy atom. The molecule has 0 spiro atoms. The van der Waals surface area contributed by atoms with Crippen LogP contribution in [0.5, 0.6) is 0 Å². The van der Waals surface area contributed by atoms with E-state index in [1.54, 1.807) is 0 Å². The van der Waals surface area contributed by atoms with Crippen molar-refractivity contribution in [3.63, 3.8) is 0 Å². The molecule has 2 aromatic heterocycles. The number of pyridine rings is 1. The third kappa shape index (κ3) is 4.59. The third-order valence-corrected chi connectivity index (χ3v) is 5.33. The van der Waals surface area contributed by atoms with Crippen LogP contribution in [0.4, 0.5) is 32.0 Å². The molecule has 0 bridgehead atoms. The summed E-state index contributed by atoms with van der Waals surface area (Å²) in [7, 11) is 0. The van der Waals surface area contributed by atoms with Gasteiger partial charge in [-0.2, -0.15) is 18.3 Å². The van der Waals surface area contributed by atoms with E-state index in [1.165, 1.54) is 19.1 Å². The Bertz CT molecular complexity index is 1530. The summed E-state index contributed by atoms with van der Waals surface area (Å²) in [6.07, 6.45) is -5.02. The highest BCUT2D eigenvalue weighted by Gasteiger charge is 2.39. The molecule has 13 heteroatoms. The molecule has 3 N–H and O–H groups in total. The molecule has 0 unspecified atom stereocenters. The lowest BCUT2D eigenvalue weighted by molar-refractivity contribution is -0.140. The van der Waals surface area contributed by atoms with E-state index >= 15 is 0 Å². The number of carbonyl (C=O) groups is 2. The van der Waals surface area contributed by atoms with Gasteiger partial charge in [0.15, 0.2) is 5.69 Å². The number of amides is 2.